The van der Waals surface area contributed by atoms with E-state index in [9.17, 15) is 4.79 Å². The van der Waals surface area contributed by atoms with Crippen molar-refractivity contribution in [2.24, 2.45) is 0 Å². The van der Waals surface area contributed by atoms with Crippen LogP contribution < -0.4 is 5.32 Å². The molecule has 0 aliphatic rings. The quantitative estimate of drug-likeness (QED) is 0.343. The summed E-state index contributed by atoms with van der Waals surface area (Å²) in [6.45, 7) is 0.941. The van der Waals surface area contributed by atoms with Crippen molar-refractivity contribution in [3.05, 3.63) is 112 Å². The van der Waals surface area contributed by atoms with Gasteiger partial charge in [0.25, 0.3) is 5.91 Å². The molecule has 33 heavy (non-hydrogen) atoms. The van der Waals surface area contributed by atoms with Crippen LogP contribution in [-0.4, -0.2) is 25.5 Å². The van der Waals surface area contributed by atoms with Gasteiger partial charge in [-0.2, -0.15) is 10.2 Å². The number of nitrogens with one attached hydrogen (secondary N) is 1. The number of hydrogen-bond donors (Lipinski definition) is 1. The van der Waals surface area contributed by atoms with Crippen LogP contribution in [0.1, 0.15) is 20.8 Å². The molecule has 3 heterocycles. The van der Waals surface area contributed by atoms with Gasteiger partial charge in [0.05, 0.1) is 34.0 Å². The van der Waals surface area contributed by atoms with Crippen molar-refractivity contribution >= 4 is 28.8 Å². The van der Waals surface area contributed by atoms with Crippen molar-refractivity contribution in [3.8, 4) is 16.9 Å². The Balaban J connectivity index is 1.33. The molecule has 8 heteroatoms. The molecule has 0 atom stereocenters. The number of nitrogens with zero attached hydrogens (tertiary/aromatic N) is 4. The van der Waals surface area contributed by atoms with Crippen LogP contribution in [0.3, 0.4) is 0 Å². The maximum absolute atomic E-state index is 12.8. The lowest BCUT2D eigenvalue weighted by atomic mass is 10.1. The van der Waals surface area contributed by atoms with E-state index in [1.165, 1.54) is 11.3 Å². The maximum Gasteiger partial charge on any atom is 0.261 e. The van der Waals surface area contributed by atoms with E-state index in [-0.39, 0.29) is 5.91 Å². The molecule has 0 saturated carbocycles. The Kier molecular flexibility index (Phi) is 6.06. The minimum Gasteiger partial charge on any atom is -0.347 e. The predicted molar refractivity (Wildman–Crippen MR) is 131 cm³/mol. The predicted octanol–water partition coefficient (Wildman–Crippen LogP) is 5.43. The number of para-hydroxylation sites is 1. The van der Waals surface area contributed by atoms with E-state index >= 15 is 0 Å². The normalized spacial score (nSPS) is 10.9. The van der Waals surface area contributed by atoms with Gasteiger partial charge < -0.3 is 5.32 Å². The van der Waals surface area contributed by atoms with Gasteiger partial charge in [0, 0.05) is 30.1 Å². The number of rotatable bonds is 7. The second kappa shape index (κ2) is 9.44. The topological polar surface area (TPSA) is 64.7 Å². The van der Waals surface area contributed by atoms with Gasteiger partial charge in [0.2, 0.25) is 0 Å². The van der Waals surface area contributed by atoms with Crippen LogP contribution in [0.25, 0.3) is 16.9 Å². The molecule has 5 rings (SSSR count). The highest BCUT2D eigenvalue weighted by molar-refractivity contribution is 7.12. The average molecular weight is 474 g/mol. The number of thiophene rings is 1. The largest absolute Gasteiger partial charge is 0.347 e. The van der Waals surface area contributed by atoms with E-state index in [4.69, 9.17) is 16.7 Å². The summed E-state index contributed by atoms with van der Waals surface area (Å²) in [5.74, 6) is -0.115. The lowest BCUT2D eigenvalue weighted by Crippen LogP contribution is -2.22. The van der Waals surface area contributed by atoms with Crippen molar-refractivity contribution in [1.82, 2.24) is 24.9 Å². The molecule has 0 spiro atoms. The highest BCUT2D eigenvalue weighted by atomic mass is 35.5. The zero-order valence-corrected chi connectivity index (χ0v) is 19.1. The van der Waals surface area contributed by atoms with Gasteiger partial charge in [-0.05, 0) is 29.1 Å². The van der Waals surface area contributed by atoms with Crippen LogP contribution >= 0.6 is 22.9 Å². The fraction of sp³-hybridized carbons (Fsp3) is 0.0800. The molecule has 0 fully saturated rings. The third-order valence-electron chi connectivity index (χ3n) is 5.12. The van der Waals surface area contributed by atoms with Crippen LogP contribution in [0.5, 0.6) is 0 Å². The summed E-state index contributed by atoms with van der Waals surface area (Å²) in [7, 11) is 0. The van der Waals surface area contributed by atoms with Crippen LogP contribution in [0.2, 0.25) is 5.02 Å². The summed E-state index contributed by atoms with van der Waals surface area (Å²) < 4.78 is 3.60. The standard InChI is InChI=1S/C25H20ClN5OS/c26-21-13-28-30(16-21)14-18-11-23(33-17-18)25(32)27-12-20-15-31(22-9-5-2-6-10-22)29-24(20)19-7-3-1-4-8-19/h1-11,13,15-17H,12,14H2,(H,27,32). The molecule has 1 N–H and O–H groups in total. The van der Waals surface area contributed by atoms with Crippen molar-refractivity contribution < 1.29 is 4.79 Å². The second-order valence-electron chi connectivity index (χ2n) is 7.51. The van der Waals surface area contributed by atoms with Gasteiger partial charge in [-0.3, -0.25) is 9.48 Å². The Bertz CT molecular complexity index is 1370. The molecular weight excluding hydrogens is 454 g/mol. The molecule has 6 nitrogen and oxygen atoms in total. The van der Waals surface area contributed by atoms with E-state index in [1.807, 2.05) is 83.0 Å². The summed E-state index contributed by atoms with van der Waals surface area (Å²) in [5, 5.41) is 14.6. The lowest BCUT2D eigenvalue weighted by Gasteiger charge is -2.04. The van der Waals surface area contributed by atoms with E-state index in [0.29, 0.717) is 23.0 Å². The van der Waals surface area contributed by atoms with Crippen molar-refractivity contribution in [2.45, 2.75) is 13.1 Å². The van der Waals surface area contributed by atoms with E-state index in [1.54, 1.807) is 17.1 Å². The number of carbonyl (C=O) groups is 1. The third kappa shape index (κ3) is 4.89. The van der Waals surface area contributed by atoms with Gasteiger partial charge in [-0.15, -0.1) is 11.3 Å². The molecule has 164 valence electrons. The third-order valence-corrected chi connectivity index (χ3v) is 6.29. The van der Waals surface area contributed by atoms with Crippen LogP contribution in [-0.2, 0) is 13.1 Å². The highest BCUT2D eigenvalue weighted by Crippen LogP contribution is 2.24. The first-order valence-corrected chi connectivity index (χ1v) is 11.6. The fourth-order valence-corrected chi connectivity index (χ4v) is 4.52. The maximum atomic E-state index is 12.8. The smallest absolute Gasteiger partial charge is 0.261 e. The molecule has 0 bridgehead atoms. The van der Waals surface area contributed by atoms with Gasteiger partial charge in [0.1, 0.15) is 0 Å². The first-order chi connectivity index (χ1) is 16.2. The molecular formula is C25H20ClN5OS. The Morgan fingerprint density at radius 3 is 2.52 bits per heavy atom. The SMILES string of the molecule is O=C(NCc1cn(-c2ccccc2)nc1-c1ccccc1)c1cc(Cn2cc(Cl)cn2)cs1. The Labute approximate surface area is 200 Å². The lowest BCUT2D eigenvalue weighted by molar-refractivity contribution is 0.0955. The first-order valence-electron chi connectivity index (χ1n) is 10.4. The van der Waals surface area contributed by atoms with Crippen molar-refractivity contribution in [2.75, 3.05) is 0 Å². The van der Waals surface area contributed by atoms with E-state index < -0.39 is 0 Å². The summed E-state index contributed by atoms with van der Waals surface area (Å²) in [5.41, 5.74) is 4.77. The van der Waals surface area contributed by atoms with Gasteiger partial charge in [-0.25, -0.2) is 4.68 Å². The van der Waals surface area contributed by atoms with Gasteiger partial charge in [-0.1, -0.05) is 60.1 Å². The van der Waals surface area contributed by atoms with E-state index in [0.717, 1.165) is 28.1 Å². The van der Waals surface area contributed by atoms with E-state index in [2.05, 4.69) is 10.4 Å². The average Bonchev–Trinajstić information content (AvgIpc) is 3.59. The van der Waals surface area contributed by atoms with Gasteiger partial charge in [0.15, 0.2) is 0 Å². The number of carbonyl (C=O) groups excluding carboxylic acids is 1. The summed E-state index contributed by atoms with van der Waals surface area (Å²) in [6, 6.07) is 21.8. The molecule has 0 unspecified atom stereocenters. The van der Waals surface area contributed by atoms with Crippen molar-refractivity contribution in [1.29, 1.82) is 0 Å². The van der Waals surface area contributed by atoms with Crippen molar-refractivity contribution in [3.63, 3.8) is 0 Å². The molecule has 0 aliphatic carbocycles. The minimum absolute atomic E-state index is 0.115. The number of hydrogen-bond acceptors (Lipinski definition) is 4. The molecule has 5 aromatic rings. The highest BCUT2D eigenvalue weighted by Gasteiger charge is 2.15. The molecule has 0 radical (unpaired) electrons. The minimum atomic E-state index is -0.115. The zero-order chi connectivity index (χ0) is 22.6. The summed E-state index contributed by atoms with van der Waals surface area (Å²) in [6.07, 6.45) is 5.33. The molecule has 3 aromatic heterocycles. The van der Waals surface area contributed by atoms with Crippen LogP contribution in [0, 0.1) is 0 Å². The molecule has 2 aromatic carbocycles. The first kappa shape index (κ1) is 21.2. The number of benzene rings is 2. The summed E-state index contributed by atoms with van der Waals surface area (Å²) >= 11 is 7.34. The monoisotopic (exact) mass is 473 g/mol. The van der Waals surface area contributed by atoms with Gasteiger partial charge >= 0.3 is 0 Å². The molecule has 0 saturated heterocycles. The zero-order valence-electron chi connectivity index (χ0n) is 17.6. The van der Waals surface area contributed by atoms with Crippen LogP contribution in [0.15, 0.2) is 90.7 Å². The molecule has 0 aliphatic heterocycles. The Hall–Kier alpha value is -3.68. The summed E-state index contributed by atoms with van der Waals surface area (Å²) in [4.78, 5) is 13.5. The number of halogens is 1. The second-order valence-corrected chi connectivity index (χ2v) is 8.85. The molecule has 1 amide bonds. The Morgan fingerprint density at radius 1 is 1.03 bits per heavy atom. The van der Waals surface area contributed by atoms with Crippen LogP contribution in [0.4, 0.5) is 0 Å². The number of amides is 1. The number of aromatic nitrogens is 4. The Morgan fingerprint density at radius 2 is 1.79 bits per heavy atom. The fourth-order valence-electron chi connectivity index (χ4n) is 3.54.